The van der Waals surface area contributed by atoms with Crippen LogP contribution in [0.2, 0.25) is 0 Å². The van der Waals surface area contributed by atoms with Crippen molar-refractivity contribution in [2.75, 3.05) is 16.2 Å². The molecule has 27 heavy (non-hydrogen) atoms. The predicted molar refractivity (Wildman–Crippen MR) is 94.9 cm³/mol. The highest BCUT2D eigenvalue weighted by atomic mass is 32.2. The van der Waals surface area contributed by atoms with Gasteiger partial charge in [0.15, 0.2) is 0 Å². The third-order valence-corrected chi connectivity index (χ3v) is 5.64. The molecule has 1 aliphatic heterocycles. The summed E-state index contributed by atoms with van der Waals surface area (Å²) in [6.07, 6.45) is -2.27. The van der Waals surface area contributed by atoms with Crippen LogP contribution in [0.3, 0.4) is 0 Å². The highest BCUT2D eigenvalue weighted by Crippen LogP contribution is 2.30. The number of hydrogen-bond donors (Lipinski definition) is 1. The summed E-state index contributed by atoms with van der Waals surface area (Å²) in [5.74, 6) is 0.0272. The molecular weight excluding hydrogens is 381 g/mol. The molecular formula is C18H17F3N2O3S. The minimum absolute atomic E-state index is 0.0272. The number of alkyl halides is 3. The van der Waals surface area contributed by atoms with Crippen molar-refractivity contribution in [3.05, 3.63) is 54.1 Å². The van der Waals surface area contributed by atoms with E-state index in [4.69, 9.17) is 0 Å². The van der Waals surface area contributed by atoms with Crippen LogP contribution in [0.5, 0.6) is 0 Å². The van der Waals surface area contributed by atoms with Gasteiger partial charge in [-0.2, -0.15) is 13.2 Å². The van der Waals surface area contributed by atoms with Crippen molar-refractivity contribution >= 4 is 27.3 Å². The molecule has 0 unspecified atom stereocenters. The first kappa shape index (κ1) is 19.2. The summed E-state index contributed by atoms with van der Waals surface area (Å²) in [6, 6.07) is 9.55. The number of nitrogens with one attached hydrogen (secondary N) is 1. The van der Waals surface area contributed by atoms with Crippen LogP contribution in [0, 0.1) is 0 Å². The number of anilines is 2. The first-order valence-electron chi connectivity index (χ1n) is 8.27. The van der Waals surface area contributed by atoms with Crippen LogP contribution in [0.4, 0.5) is 24.5 Å². The van der Waals surface area contributed by atoms with Crippen molar-refractivity contribution in [3.63, 3.8) is 0 Å². The molecule has 1 N–H and O–H groups in total. The zero-order valence-corrected chi connectivity index (χ0v) is 15.0. The molecule has 0 aliphatic carbocycles. The number of carbonyl (C=O) groups excluding carboxylic acids is 1. The molecule has 2 aromatic rings. The van der Waals surface area contributed by atoms with Crippen molar-refractivity contribution in [1.82, 2.24) is 0 Å². The van der Waals surface area contributed by atoms with Crippen LogP contribution in [0.1, 0.15) is 24.8 Å². The first-order valence-corrected chi connectivity index (χ1v) is 9.76. The Morgan fingerprint density at radius 2 is 1.56 bits per heavy atom. The molecule has 144 valence electrons. The summed E-state index contributed by atoms with van der Waals surface area (Å²) >= 11 is 0. The van der Waals surface area contributed by atoms with Crippen molar-refractivity contribution in [1.29, 1.82) is 0 Å². The van der Waals surface area contributed by atoms with Crippen LogP contribution in [-0.2, 0) is 21.0 Å². The van der Waals surface area contributed by atoms with E-state index in [0.29, 0.717) is 18.7 Å². The topological polar surface area (TPSA) is 66.5 Å². The Labute approximate surface area is 154 Å². The lowest BCUT2D eigenvalue weighted by Crippen LogP contribution is -2.35. The zero-order chi connectivity index (χ0) is 19.7. The fraction of sp³-hybridized carbons (Fsp3) is 0.278. The summed E-state index contributed by atoms with van der Waals surface area (Å²) in [4.78, 5) is 13.3. The van der Waals surface area contributed by atoms with Gasteiger partial charge >= 0.3 is 6.18 Å². The molecule has 0 bridgehead atoms. The average Bonchev–Trinajstić information content (AvgIpc) is 2.62. The highest BCUT2D eigenvalue weighted by molar-refractivity contribution is 7.92. The van der Waals surface area contributed by atoms with Gasteiger partial charge in [0.2, 0.25) is 5.91 Å². The number of hydrogen-bond acceptors (Lipinski definition) is 3. The van der Waals surface area contributed by atoms with E-state index in [1.165, 1.54) is 12.1 Å². The minimum atomic E-state index is -4.53. The van der Waals surface area contributed by atoms with Crippen molar-refractivity contribution < 1.29 is 26.4 Å². The number of nitrogens with zero attached hydrogens (tertiary/aromatic N) is 1. The Morgan fingerprint density at radius 3 is 2.11 bits per heavy atom. The van der Waals surface area contributed by atoms with Gasteiger partial charge in [-0.25, -0.2) is 8.42 Å². The van der Waals surface area contributed by atoms with Crippen LogP contribution >= 0.6 is 0 Å². The molecule has 0 saturated carbocycles. The Balaban J connectivity index is 1.75. The fourth-order valence-electron chi connectivity index (χ4n) is 2.83. The summed E-state index contributed by atoms with van der Waals surface area (Å²) in [5.41, 5.74) is 0.0114. The van der Waals surface area contributed by atoms with Gasteiger partial charge in [-0.1, -0.05) is 0 Å². The van der Waals surface area contributed by atoms with Gasteiger partial charge in [0.05, 0.1) is 10.5 Å². The van der Waals surface area contributed by atoms with Gasteiger partial charge in [0.1, 0.15) is 0 Å². The number of rotatable bonds is 4. The van der Waals surface area contributed by atoms with Gasteiger partial charge in [0.25, 0.3) is 10.0 Å². The van der Waals surface area contributed by atoms with E-state index >= 15 is 0 Å². The number of piperidine rings is 1. The molecule has 0 atom stereocenters. The lowest BCUT2D eigenvalue weighted by molar-refractivity contribution is -0.137. The van der Waals surface area contributed by atoms with E-state index in [1.807, 2.05) is 0 Å². The minimum Gasteiger partial charge on any atom is -0.312 e. The second-order valence-electron chi connectivity index (χ2n) is 6.18. The Bertz CT molecular complexity index is 924. The van der Waals surface area contributed by atoms with Gasteiger partial charge in [-0.15, -0.1) is 0 Å². The maximum absolute atomic E-state index is 12.6. The molecule has 2 aromatic carbocycles. The Morgan fingerprint density at radius 1 is 0.926 bits per heavy atom. The van der Waals surface area contributed by atoms with Crippen LogP contribution < -0.4 is 9.62 Å². The van der Waals surface area contributed by atoms with E-state index < -0.39 is 21.8 Å². The maximum Gasteiger partial charge on any atom is 0.416 e. The molecule has 1 saturated heterocycles. The molecule has 0 spiro atoms. The van der Waals surface area contributed by atoms with Gasteiger partial charge < -0.3 is 4.90 Å². The lowest BCUT2D eigenvalue weighted by atomic mass is 10.1. The zero-order valence-electron chi connectivity index (χ0n) is 14.2. The third-order valence-electron chi connectivity index (χ3n) is 4.25. The highest BCUT2D eigenvalue weighted by Gasteiger charge is 2.30. The number of carbonyl (C=O) groups is 1. The van der Waals surface area contributed by atoms with E-state index in [1.54, 1.807) is 17.0 Å². The van der Waals surface area contributed by atoms with Gasteiger partial charge in [-0.3, -0.25) is 9.52 Å². The largest absolute Gasteiger partial charge is 0.416 e. The first-order chi connectivity index (χ1) is 12.7. The van der Waals surface area contributed by atoms with E-state index in [-0.39, 0.29) is 16.5 Å². The van der Waals surface area contributed by atoms with Crippen LogP contribution in [-0.4, -0.2) is 20.9 Å². The summed E-state index contributed by atoms with van der Waals surface area (Å²) < 4.78 is 64.8. The quantitative estimate of drug-likeness (QED) is 0.846. The third kappa shape index (κ3) is 4.41. The van der Waals surface area contributed by atoms with E-state index in [0.717, 1.165) is 37.1 Å². The standard InChI is InChI=1S/C18H17F3N2O3S/c19-18(20,21)13-4-10-16(11-5-13)27(25,26)22-14-6-8-15(9-7-14)23-12-2-1-3-17(23)24/h4-11,22H,1-3,12H2. The molecule has 5 nitrogen and oxygen atoms in total. The number of amides is 1. The summed E-state index contributed by atoms with van der Waals surface area (Å²) in [6.45, 7) is 0.620. The van der Waals surface area contributed by atoms with E-state index in [2.05, 4.69) is 4.72 Å². The molecule has 3 rings (SSSR count). The fourth-order valence-corrected chi connectivity index (χ4v) is 3.88. The second-order valence-corrected chi connectivity index (χ2v) is 7.86. The second kappa shape index (κ2) is 7.22. The molecule has 1 amide bonds. The summed E-state index contributed by atoms with van der Waals surface area (Å²) in [7, 11) is -4.02. The SMILES string of the molecule is O=C1CCCCN1c1ccc(NS(=O)(=O)c2ccc(C(F)(F)F)cc2)cc1. The summed E-state index contributed by atoms with van der Waals surface area (Å²) in [5, 5.41) is 0. The molecule has 1 fully saturated rings. The van der Waals surface area contributed by atoms with Gasteiger partial charge in [0, 0.05) is 24.3 Å². The number of halogens is 3. The Kier molecular flexibility index (Phi) is 5.14. The number of benzene rings is 2. The molecule has 1 aliphatic rings. The molecule has 0 radical (unpaired) electrons. The van der Waals surface area contributed by atoms with Crippen LogP contribution in [0.25, 0.3) is 0 Å². The molecule has 9 heteroatoms. The van der Waals surface area contributed by atoms with Crippen molar-refractivity contribution in [2.24, 2.45) is 0 Å². The lowest BCUT2D eigenvalue weighted by Gasteiger charge is -2.26. The van der Waals surface area contributed by atoms with Gasteiger partial charge in [-0.05, 0) is 61.4 Å². The van der Waals surface area contributed by atoms with Crippen molar-refractivity contribution in [3.8, 4) is 0 Å². The van der Waals surface area contributed by atoms with E-state index in [9.17, 15) is 26.4 Å². The molecule has 0 aromatic heterocycles. The molecule has 1 heterocycles. The monoisotopic (exact) mass is 398 g/mol. The maximum atomic E-state index is 12.6. The smallest absolute Gasteiger partial charge is 0.312 e. The average molecular weight is 398 g/mol. The predicted octanol–water partition coefficient (Wildman–Crippen LogP) is 4.02. The Hall–Kier alpha value is -2.55. The van der Waals surface area contributed by atoms with Crippen LogP contribution in [0.15, 0.2) is 53.4 Å². The number of sulfonamides is 1. The normalized spacial score (nSPS) is 15.7. The van der Waals surface area contributed by atoms with Crippen molar-refractivity contribution in [2.45, 2.75) is 30.3 Å².